The van der Waals surface area contributed by atoms with Crippen molar-refractivity contribution in [2.24, 2.45) is 0 Å². The molecule has 0 fully saturated rings. The minimum Gasteiger partial charge on any atom is -0.325 e. The van der Waals surface area contributed by atoms with Crippen LogP contribution in [0.15, 0.2) is 65.8 Å². The Bertz CT molecular complexity index is 1190. The summed E-state index contributed by atoms with van der Waals surface area (Å²) in [7, 11) is 0. The van der Waals surface area contributed by atoms with Gasteiger partial charge in [-0.25, -0.2) is 13.9 Å². The number of nitrogens with zero attached hydrogens (tertiary/aromatic N) is 3. The van der Waals surface area contributed by atoms with E-state index in [9.17, 15) is 9.18 Å². The summed E-state index contributed by atoms with van der Waals surface area (Å²) in [6.45, 7) is 1.89. The Hall–Kier alpha value is -2.90. The van der Waals surface area contributed by atoms with Crippen LogP contribution in [0.25, 0.3) is 16.8 Å². The summed E-state index contributed by atoms with van der Waals surface area (Å²) >= 11 is 7.31. The predicted molar refractivity (Wildman–Crippen MR) is 114 cm³/mol. The number of anilines is 1. The monoisotopic (exact) mass is 426 g/mol. The lowest BCUT2D eigenvalue weighted by Crippen LogP contribution is -2.14. The molecular weight excluding hydrogens is 411 g/mol. The second-order valence-electron chi connectivity index (χ2n) is 6.38. The molecule has 4 aromatic rings. The summed E-state index contributed by atoms with van der Waals surface area (Å²) in [5.74, 6) is -0.237. The first-order chi connectivity index (χ1) is 14.0. The van der Waals surface area contributed by atoms with Crippen molar-refractivity contribution in [3.8, 4) is 11.1 Å². The lowest BCUT2D eigenvalue weighted by molar-refractivity contribution is -0.113. The summed E-state index contributed by atoms with van der Waals surface area (Å²) in [6, 6.07) is 15.1. The summed E-state index contributed by atoms with van der Waals surface area (Å²) in [6.07, 6.45) is 1.70. The van der Waals surface area contributed by atoms with E-state index in [-0.39, 0.29) is 17.5 Å². The van der Waals surface area contributed by atoms with E-state index in [0.717, 1.165) is 21.8 Å². The van der Waals surface area contributed by atoms with Crippen LogP contribution in [0.3, 0.4) is 0 Å². The van der Waals surface area contributed by atoms with Gasteiger partial charge in [0.15, 0.2) is 5.65 Å². The number of halogens is 2. The third-order valence-corrected chi connectivity index (χ3v) is 5.41. The molecule has 0 saturated heterocycles. The molecule has 0 saturated carbocycles. The van der Waals surface area contributed by atoms with Gasteiger partial charge in [0.05, 0.1) is 11.9 Å². The molecule has 5 nitrogen and oxygen atoms in total. The molecule has 0 radical (unpaired) electrons. The average molecular weight is 427 g/mol. The van der Waals surface area contributed by atoms with Gasteiger partial charge in [-0.05, 0) is 48.9 Å². The van der Waals surface area contributed by atoms with Crippen LogP contribution in [0.1, 0.15) is 5.69 Å². The van der Waals surface area contributed by atoms with Crippen molar-refractivity contribution in [3.63, 3.8) is 0 Å². The number of aryl methyl sites for hydroxylation is 1. The second kappa shape index (κ2) is 8.23. The third-order valence-electron chi connectivity index (χ3n) is 4.18. The highest BCUT2D eigenvalue weighted by Crippen LogP contribution is 2.28. The van der Waals surface area contributed by atoms with E-state index >= 15 is 0 Å². The number of fused-ring (bicyclic) bond motifs is 1. The maximum Gasteiger partial charge on any atom is 0.234 e. The Kier molecular flexibility index (Phi) is 5.51. The second-order valence-corrected chi connectivity index (χ2v) is 7.82. The molecule has 1 amide bonds. The smallest absolute Gasteiger partial charge is 0.234 e. The van der Waals surface area contributed by atoms with Gasteiger partial charge in [0, 0.05) is 22.0 Å². The number of carbonyl (C=O) groups is 1. The fraction of sp³-hybridized carbons (Fsp3) is 0.0952. The van der Waals surface area contributed by atoms with Gasteiger partial charge in [-0.3, -0.25) is 4.79 Å². The number of carbonyl (C=O) groups excluding carboxylic acids is 1. The van der Waals surface area contributed by atoms with Gasteiger partial charge in [-0.1, -0.05) is 41.6 Å². The molecule has 0 bridgehead atoms. The normalized spacial score (nSPS) is 11.0. The van der Waals surface area contributed by atoms with E-state index in [1.807, 2.05) is 13.0 Å². The first-order valence-electron chi connectivity index (χ1n) is 8.79. The molecule has 0 aliphatic rings. The Morgan fingerprint density at radius 1 is 1.21 bits per heavy atom. The van der Waals surface area contributed by atoms with Crippen LogP contribution in [-0.4, -0.2) is 26.3 Å². The fourth-order valence-corrected chi connectivity index (χ4v) is 3.94. The number of nitrogens with one attached hydrogen (secondary N) is 1. The van der Waals surface area contributed by atoms with Gasteiger partial charge in [0.2, 0.25) is 5.91 Å². The highest BCUT2D eigenvalue weighted by molar-refractivity contribution is 7.99. The van der Waals surface area contributed by atoms with E-state index in [1.54, 1.807) is 47.1 Å². The minimum atomic E-state index is -0.295. The van der Waals surface area contributed by atoms with Gasteiger partial charge >= 0.3 is 0 Å². The zero-order chi connectivity index (χ0) is 20.4. The summed E-state index contributed by atoms with van der Waals surface area (Å²) in [4.78, 5) is 16.9. The van der Waals surface area contributed by atoms with Crippen molar-refractivity contribution in [3.05, 3.63) is 77.3 Å². The topological polar surface area (TPSA) is 59.3 Å². The van der Waals surface area contributed by atoms with Crippen LogP contribution in [0.5, 0.6) is 0 Å². The number of rotatable bonds is 5. The van der Waals surface area contributed by atoms with Crippen molar-refractivity contribution >= 4 is 40.6 Å². The molecule has 0 atom stereocenters. The molecular formula is C21H16ClFN4OS. The van der Waals surface area contributed by atoms with Crippen LogP contribution < -0.4 is 5.32 Å². The van der Waals surface area contributed by atoms with E-state index in [1.165, 1.54) is 23.9 Å². The van der Waals surface area contributed by atoms with E-state index < -0.39 is 0 Å². The summed E-state index contributed by atoms with van der Waals surface area (Å²) in [5.41, 5.74) is 3.75. The van der Waals surface area contributed by atoms with Gasteiger partial charge in [0.25, 0.3) is 0 Å². The van der Waals surface area contributed by atoms with Crippen LogP contribution in [0.2, 0.25) is 5.02 Å². The largest absolute Gasteiger partial charge is 0.325 e. The Balaban J connectivity index is 1.56. The Labute approximate surface area is 175 Å². The van der Waals surface area contributed by atoms with Crippen molar-refractivity contribution in [2.45, 2.75) is 11.9 Å². The van der Waals surface area contributed by atoms with Gasteiger partial charge in [-0.15, -0.1) is 0 Å². The van der Waals surface area contributed by atoms with E-state index in [4.69, 9.17) is 11.6 Å². The first kappa shape index (κ1) is 19.4. The molecule has 2 heterocycles. The number of amides is 1. The van der Waals surface area contributed by atoms with Crippen molar-refractivity contribution < 1.29 is 9.18 Å². The predicted octanol–water partition coefficient (Wildman–Crippen LogP) is 5.23. The molecule has 0 unspecified atom stereocenters. The van der Waals surface area contributed by atoms with E-state index in [0.29, 0.717) is 16.4 Å². The van der Waals surface area contributed by atoms with Crippen LogP contribution in [0, 0.1) is 12.7 Å². The maximum atomic E-state index is 13.2. The van der Waals surface area contributed by atoms with Crippen LogP contribution in [-0.2, 0) is 4.79 Å². The van der Waals surface area contributed by atoms with Gasteiger partial charge in [0.1, 0.15) is 10.8 Å². The number of thioether (sulfide) groups is 1. The highest BCUT2D eigenvalue weighted by atomic mass is 35.5. The number of aromatic nitrogens is 3. The molecule has 2 aromatic carbocycles. The molecule has 4 rings (SSSR count). The van der Waals surface area contributed by atoms with Gasteiger partial charge in [-0.2, -0.15) is 5.10 Å². The minimum absolute atomic E-state index is 0.147. The van der Waals surface area contributed by atoms with E-state index in [2.05, 4.69) is 15.4 Å². The fourth-order valence-electron chi connectivity index (χ4n) is 2.89. The third kappa shape index (κ3) is 4.41. The highest BCUT2D eigenvalue weighted by Gasteiger charge is 2.14. The quantitative estimate of drug-likeness (QED) is 0.350. The molecule has 2 aromatic heterocycles. The summed E-state index contributed by atoms with van der Waals surface area (Å²) in [5, 5.41) is 8.60. The Morgan fingerprint density at radius 2 is 2.00 bits per heavy atom. The SMILES string of the molecule is Cc1cc(SCC(=O)Nc2cccc(Cl)c2)n2ncc(-c3ccc(F)cc3)c2n1. The van der Waals surface area contributed by atoms with Gasteiger partial charge < -0.3 is 5.32 Å². The molecule has 8 heteroatoms. The molecule has 0 spiro atoms. The lowest BCUT2D eigenvalue weighted by atomic mass is 10.1. The average Bonchev–Trinajstić information content (AvgIpc) is 3.10. The standard InChI is InChI=1S/C21H16ClFN4OS/c1-13-9-20(29-12-19(28)26-17-4-2-3-15(22)10-17)27-21(25-13)18(11-24-27)14-5-7-16(23)8-6-14/h2-11H,12H2,1H3,(H,26,28). The number of benzene rings is 2. The Morgan fingerprint density at radius 3 is 2.76 bits per heavy atom. The molecule has 0 aliphatic carbocycles. The zero-order valence-corrected chi connectivity index (χ0v) is 17.0. The molecule has 0 aliphatic heterocycles. The molecule has 1 N–H and O–H groups in total. The summed E-state index contributed by atoms with van der Waals surface area (Å²) < 4.78 is 14.9. The van der Waals surface area contributed by atoms with Crippen molar-refractivity contribution in [1.29, 1.82) is 0 Å². The zero-order valence-electron chi connectivity index (χ0n) is 15.4. The maximum absolute atomic E-state index is 13.2. The number of hydrogen-bond donors (Lipinski definition) is 1. The first-order valence-corrected chi connectivity index (χ1v) is 10.2. The van der Waals surface area contributed by atoms with Crippen LogP contribution >= 0.6 is 23.4 Å². The van der Waals surface area contributed by atoms with Crippen LogP contribution in [0.4, 0.5) is 10.1 Å². The molecule has 146 valence electrons. The lowest BCUT2D eigenvalue weighted by Gasteiger charge is -2.08. The molecule has 29 heavy (non-hydrogen) atoms. The number of hydrogen-bond acceptors (Lipinski definition) is 4. The van der Waals surface area contributed by atoms with Crippen molar-refractivity contribution in [1.82, 2.24) is 14.6 Å². The van der Waals surface area contributed by atoms with Crippen molar-refractivity contribution in [2.75, 3.05) is 11.1 Å².